The molecular formula is C52H62BN3. The lowest BCUT2D eigenvalue weighted by molar-refractivity contribution is 0.359. The Morgan fingerprint density at radius 1 is 0.482 bits per heavy atom. The minimum Gasteiger partial charge on any atom is -0.311 e. The van der Waals surface area contributed by atoms with E-state index in [-0.39, 0.29) is 28.4 Å². The number of nitrogens with zero attached hydrogens (tertiary/aromatic N) is 3. The van der Waals surface area contributed by atoms with Crippen molar-refractivity contribution in [2.24, 2.45) is 0 Å². The zero-order chi connectivity index (χ0) is 39.9. The topological polar surface area (TPSA) is 19.4 Å². The fourth-order valence-electron chi connectivity index (χ4n) is 10.2. The summed E-state index contributed by atoms with van der Waals surface area (Å²) in [4.78, 5) is 10.7. The molecule has 56 heavy (non-hydrogen) atoms. The number of hydrogen-bond acceptors (Lipinski definition) is 3. The highest BCUT2D eigenvalue weighted by Crippen LogP contribution is 2.52. The first-order valence-electron chi connectivity index (χ1n) is 21.4. The van der Waals surface area contributed by atoms with Crippen molar-refractivity contribution in [1.29, 1.82) is 0 Å². The predicted molar refractivity (Wildman–Crippen MR) is 242 cm³/mol. The van der Waals surface area contributed by atoms with Gasteiger partial charge in [0.1, 0.15) is 5.82 Å². The van der Waals surface area contributed by atoms with E-state index in [1.54, 1.807) is 11.1 Å². The van der Waals surface area contributed by atoms with Crippen LogP contribution in [0, 0.1) is 6.92 Å². The van der Waals surface area contributed by atoms with Crippen molar-refractivity contribution >= 4 is 57.4 Å². The Labute approximate surface area is 338 Å². The summed E-state index contributed by atoms with van der Waals surface area (Å²) in [5, 5.41) is 0. The molecule has 2 aliphatic heterocycles. The van der Waals surface area contributed by atoms with E-state index in [9.17, 15) is 0 Å². The molecule has 0 amide bonds. The minimum atomic E-state index is -0.00192. The zero-order valence-electron chi connectivity index (χ0n) is 36.4. The molecule has 4 aromatic carbocycles. The molecule has 0 saturated heterocycles. The lowest BCUT2D eigenvalue weighted by atomic mass is 9.33. The van der Waals surface area contributed by atoms with Gasteiger partial charge in [-0.1, -0.05) is 119 Å². The van der Waals surface area contributed by atoms with Crippen LogP contribution in [0.4, 0.5) is 34.3 Å². The van der Waals surface area contributed by atoms with Gasteiger partial charge in [-0.15, -0.1) is 0 Å². The molecule has 0 unspecified atom stereocenters. The molecule has 1 saturated carbocycles. The van der Waals surface area contributed by atoms with Crippen LogP contribution in [0.2, 0.25) is 0 Å². The summed E-state index contributed by atoms with van der Waals surface area (Å²) >= 11 is 0. The highest BCUT2D eigenvalue weighted by atomic mass is 15.2. The molecule has 10 rings (SSSR count). The number of pyridine rings is 1. The fraction of sp³-hybridized carbons (Fsp3) is 0.442. The smallest absolute Gasteiger partial charge is 0.254 e. The van der Waals surface area contributed by atoms with Crippen LogP contribution < -0.4 is 26.2 Å². The van der Waals surface area contributed by atoms with E-state index in [0.717, 1.165) is 17.2 Å². The summed E-state index contributed by atoms with van der Waals surface area (Å²) in [6.45, 7) is 30.4. The minimum absolute atomic E-state index is 0.00192. The summed E-state index contributed by atoms with van der Waals surface area (Å²) in [7, 11) is 0. The quantitative estimate of drug-likeness (QED) is 0.165. The van der Waals surface area contributed by atoms with Crippen LogP contribution in [0.5, 0.6) is 0 Å². The Balaban J connectivity index is 1.39. The molecule has 288 valence electrons. The molecule has 5 aromatic rings. The van der Waals surface area contributed by atoms with Gasteiger partial charge in [-0.3, -0.25) is 4.90 Å². The predicted octanol–water partition coefficient (Wildman–Crippen LogP) is 12.4. The molecule has 0 radical (unpaired) electrons. The number of rotatable bonds is 2. The molecule has 3 heterocycles. The summed E-state index contributed by atoms with van der Waals surface area (Å²) < 4.78 is 0. The van der Waals surface area contributed by atoms with Crippen LogP contribution in [0.25, 0.3) is 0 Å². The summed E-state index contributed by atoms with van der Waals surface area (Å²) in [6.07, 6.45) is 5.27. The number of hydrogen-bond donors (Lipinski definition) is 0. The van der Waals surface area contributed by atoms with Gasteiger partial charge in [0.15, 0.2) is 0 Å². The molecular weight excluding hydrogens is 677 g/mol. The largest absolute Gasteiger partial charge is 0.311 e. The molecule has 3 aliphatic carbocycles. The molecule has 1 aromatic heterocycles. The third-order valence-electron chi connectivity index (χ3n) is 13.6. The van der Waals surface area contributed by atoms with Gasteiger partial charge in [-0.25, -0.2) is 4.98 Å². The third kappa shape index (κ3) is 5.95. The van der Waals surface area contributed by atoms with Gasteiger partial charge < -0.3 is 4.90 Å². The van der Waals surface area contributed by atoms with E-state index in [2.05, 4.69) is 179 Å². The molecule has 3 nitrogen and oxygen atoms in total. The number of aryl methyl sites for hydroxylation is 1. The van der Waals surface area contributed by atoms with Crippen molar-refractivity contribution in [3.05, 3.63) is 118 Å². The second kappa shape index (κ2) is 12.3. The first kappa shape index (κ1) is 37.3. The van der Waals surface area contributed by atoms with Gasteiger partial charge >= 0.3 is 0 Å². The number of aromatic nitrogens is 1. The normalized spacial score (nSPS) is 18.8. The maximum Gasteiger partial charge on any atom is 0.254 e. The second-order valence-corrected chi connectivity index (χ2v) is 21.8. The van der Waals surface area contributed by atoms with E-state index < -0.39 is 0 Å². The number of benzene rings is 4. The summed E-state index contributed by atoms with van der Waals surface area (Å²) in [6, 6.07) is 31.8. The van der Waals surface area contributed by atoms with Crippen molar-refractivity contribution in [3.63, 3.8) is 0 Å². The van der Waals surface area contributed by atoms with E-state index >= 15 is 0 Å². The van der Waals surface area contributed by atoms with Crippen LogP contribution >= 0.6 is 0 Å². The molecule has 2 bridgehead atoms. The van der Waals surface area contributed by atoms with Gasteiger partial charge in [-0.05, 0) is 158 Å². The lowest BCUT2D eigenvalue weighted by Gasteiger charge is -2.46. The van der Waals surface area contributed by atoms with Gasteiger partial charge in [0.05, 0.1) is 0 Å². The Kier molecular flexibility index (Phi) is 8.22. The van der Waals surface area contributed by atoms with Crippen LogP contribution in [0.15, 0.2) is 78.9 Å². The monoisotopic (exact) mass is 740 g/mol. The Morgan fingerprint density at radius 2 is 1.00 bits per heavy atom. The Bertz CT molecular complexity index is 2350. The fourth-order valence-corrected chi connectivity index (χ4v) is 10.2. The van der Waals surface area contributed by atoms with Gasteiger partial charge in [0, 0.05) is 34.1 Å². The molecule has 1 fully saturated rings. The van der Waals surface area contributed by atoms with Crippen molar-refractivity contribution in [1.82, 2.24) is 4.98 Å². The molecule has 5 aliphatic rings. The maximum atomic E-state index is 5.55. The van der Waals surface area contributed by atoms with E-state index in [1.807, 2.05) is 0 Å². The zero-order valence-corrected chi connectivity index (χ0v) is 36.4. The summed E-state index contributed by atoms with van der Waals surface area (Å²) in [5.74, 6) is 2.37. The average Bonchev–Trinajstić information content (AvgIpc) is 3.12. The Hall–Kier alpha value is -4.31. The molecule has 0 atom stereocenters. The average molecular weight is 740 g/mol. The first-order chi connectivity index (χ1) is 26.2. The van der Waals surface area contributed by atoms with Gasteiger partial charge in [0.25, 0.3) is 6.71 Å². The van der Waals surface area contributed by atoms with Crippen molar-refractivity contribution in [2.45, 2.75) is 149 Å². The second-order valence-electron chi connectivity index (χ2n) is 21.8. The summed E-state index contributed by atoms with van der Waals surface area (Å²) in [5.41, 5.74) is 20.2. The highest BCUT2D eigenvalue weighted by Gasteiger charge is 2.46. The van der Waals surface area contributed by atoms with Crippen LogP contribution in [-0.4, -0.2) is 11.7 Å². The van der Waals surface area contributed by atoms with Crippen LogP contribution in [0.1, 0.15) is 160 Å². The number of anilines is 6. The maximum absolute atomic E-state index is 5.55. The van der Waals surface area contributed by atoms with E-state index in [4.69, 9.17) is 4.98 Å². The van der Waals surface area contributed by atoms with Crippen molar-refractivity contribution < 1.29 is 0 Å². The highest BCUT2D eigenvalue weighted by molar-refractivity contribution is 7.00. The molecule has 4 heteroatoms. The standard InChI is InChI=1S/C52H62BN3/c1-31-24-46-47-48(54-31)56(38-21-18-34(19-22-38)49(2,3)4)44-23-20-35(50(5,6)7)28-42(44)53(47)43-29-40-32-14-16-33(17-15-32)41(40)30-45(43)55(46)39-26-36(51(8,9)10)25-37(27-39)52(11,12)13/h18-30,32-33H,14-17H2,1-13H3. The van der Waals surface area contributed by atoms with Gasteiger partial charge in [-0.2, -0.15) is 0 Å². The Morgan fingerprint density at radius 3 is 1.55 bits per heavy atom. The molecule has 0 spiro atoms. The van der Waals surface area contributed by atoms with E-state index in [1.165, 1.54) is 87.1 Å². The van der Waals surface area contributed by atoms with Crippen LogP contribution in [-0.2, 0) is 21.7 Å². The van der Waals surface area contributed by atoms with Gasteiger partial charge in [0.2, 0.25) is 0 Å². The third-order valence-corrected chi connectivity index (χ3v) is 13.6. The first-order valence-corrected chi connectivity index (χ1v) is 21.4. The number of fused-ring (bicyclic) bond motifs is 6. The SMILES string of the molecule is Cc1cc2c3c(n1)N(c1ccc(C(C)(C)C)cc1)c1ccc(C(C)(C)C)cc1B3c1cc3c(cc1N2c1cc(C(C)(C)C)cc(C(C)(C)C)c1)C1CCC3CC1. The molecule has 0 N–H and O–H groups in total. The van der Waals surface area contributed by atoms with Crippen molar-refractivity contribution in [2.75, 3.05) is 9.80 Å². The van der Waals surface area contributed by atoms with E-state index in [0.29, 0.717) is 11.8 Å². The van der Waals surface area contributed by atoms with Crippen LogP contribution in [0.3, 0.4) is 0 Å². The lowest BCUT2D eigenvalue weighted by Crippen LogP contribution is -2.62. The van der Waals surface area contributed by atoms with Crippen molar-refractivity contribution in [3.8, 4) is 0 Å².